The van der Waals surface area contributed by atoms with Crippen LogP contribution in [0.5, 0.6) is 0 Å². The number of hydrogen-bond donors (Lipinski definition) is 2. The van der Waals surface area contributed by atoms with Gasteiger partial charge in [-0.2, -0.15) is 0 Å². The van der Waals surface area contributed by atoms with Gasteiger partial charge < -0.3 is 15.4 Å². The molecule has 3 rings (SSSR count). The Morgan fingerprint density at radius 1 is 1.18 bits per heavy atom. The zero-order chi connectivity index (χ0) is 19.9. The molecule has 2 N–H and O–H groups in total. The lowest BCUT2D eigenvalue weighted by atomic mass is 10.1. The Labute approximate surface area is 165 Å². The molecule has 1 aromatic heterocycles. The minimum Gasteiger partial charge on any atom is -0.379 e. The highest BCUT2D eigenvalue weighted by Crippen LogP contribution is 2.26. The number of nitrogens with one attached hydrogen (secondary N) is 2. The molecule has 0 radical (unpaired) electrons. The Kier molecular flexibility index (Phi) is 6.78. The molecule has 1 aromatic carbocycles. The summed E-state index contributed by atoms with van der Waals surface area (Å²) in [6, 6.07) is 9.25. The first-order chi connectivity index (χ1) is 13.5. The summed E-state index contributed by atoms with van der Waals surface area (Å²) in [6.45, 7) is 9.04. The smallest absolute Gasteiger partial charge is 0.311 e. The molecular weight excluding hydrogens is 358 g/mol. The van der Waals surface area contributed by atoms with Crippen LogP contribution in [0.1, 0.15) is 17.5 Å². The van der Waals surface area contributed by atoms with Crippen LogP contribution in [0.2, 0.25) is 0 Å². The third-order valence-corrected chi connectivity index (χ3v) is 4.61. The molecule has 0 aliphatic carbocycles. The van der Waals surface area contributed by atoms with Crippen LogP contribution in [0.4, 0.5) is 23.0 Å². The van der Waals surface area contributed by atoms with E-state index in [1.54, 1.807) is 6.07 Å². The lowest BCUT2D eigenvalue weighted by molar-refractivity contribution is -0.384. The first-order valence-electron chi connectivity index (χ1n) is 9.56. The first kappa shape index (κ1) is 20.0. The van der Waals surface area contributed by atoms with Gasteiger partial charge in [-0.1, -0.05) is 6.07 Å². The molecule has 1 aliphatic heterocycles. The van der Waals surface area contributed by atoms with Crippen molar-refractivity contribution in [2.45, 2.75) is 20.3 Å². The Balaban J connectivity index is 1.64. The normalized spacial score (nSPS) is 14.6. The van der Waals surface area contributed by atoms with Gasteiger partial charge in [-0.25, -0.2) is 4.98 Å². The average molecular weight is 385 g/mol. The summed E-state index contributed by atoms with van der Waals surface area (Å²) in [4.78, 5) is 17.7. The Morgan fingerprint density at radius 2 is 1.89 bits per heavy atom. The summed E-state index contributed by atoms with van der Waals surface area (Å²) in [5.41, 5.74) is 3.19. The fourth-order valence-electron chi connectivity index (χ4n) is 3.33. The van der Waals surface area contributed by atoms with E-state index in [9.17, 15) is 10.1 Å². The van der Waals surface area contributed by atoms with Crippen molar-refractivity contribution < 1.29 is 9.66 Å². The maximum Gasteiger partial charge on any atom is 0.311 e. The lowest BCUT2D eigenvalue weighted by Gasteiger charge is -2.26. The molecule has 8 nitrogen and oxygen atoms in total. The highest BCUT2D eigenvalue weighted by atomic mass is 16.6. The number of ether oxygens (including phenoxy) is 1. The summed E-state index contributed by atoms with van der Waals surface area (Å²) in [5.74, 6) is 0.868. The molecule has 28 heavy (non-hydrogen) atoms. The monoisotopic (exact) mass is 385 g/mol. The van der Waals surface area contributed by atoms with E-state index in [1.807, 2.05) is 26.0 Å². The highest BCUT2D eigenvalue weighted by molar-refractivity contribution is 5.65. The third kappa shape index (κ3) is 5.64. The minimum absolute atomic E-state index is 0.0163. The van der Waals surface area contributed by atoms with E-state index < -0.39 is 4.92 Å². The molecule has 2 aromatic rings. The van der Waals surface area contributed by atoms with E-state index in [0.717, 1.165) is 56.1 Å². The molecule has 2 heterocycles. The molecule has 150 valence electrons. The van der Waals surface area contributed by atoms with E-state index in [2.05, 4.69) is 26.6 Å². The third-order valence-electron chi connectivity index (χ3n) is 4.61. The van der Waals surface area contributed by atoms with Crippen molar-refractivity contribution in [3.05, 3.63) is 51.6 Å². The second kappa shape index (κ2) is 9.48. The predicted octanol–water partition coefficient (Wildman–Crippen LogP) is 3.48. The maximum atomic E-state index is 11.3. The number of morpholine rings is 1. The molecule has 0 unspecified atom stereocenters. The average Bonchev–Trinajstić information content (AvgIpc) is 2.65. The molecule has 1 aliphatic rings. The molecule has 1 fully saturated rings. The largest absolute Gasteiger partial charge is 0.379 e. The summed E-state index contributed by atoms with van der Waals surface area (Å²) in [6.07, 6.45) is 0.883. The number of aryl methyl sites for hydroxylation is 2. The number of rotatable bonds is 8. The molecule has 0 saturated carbocycles. The molecule has 0 bridgehead atoms. The maximum absolute atomic E-state index is 11.3. The summed E-state index contributed by atoms with van der Waals surface area (Å²) < 4.78 is 5.34. The first-order valence-corrected chi connectivity index (χ1v) is 9.56. The fraction of sp³-hybridized carbons (Fsp3) is 0.450. The number of anilines is 3. The second-order valence-electron chi connectivity index (χ2n) is 7.06. The highest BCUT2D eigenvalue weighted by Gasteiger charge is 2.16. The van der Waals surface area contributed by atoms with Crippen molar-refractivity contribution in [2.24, 2.45) is 0 Å². The van der Waals surface area contributed by atoms with Crippen LogP contribution in [0, 0.1) is 24.0 Å². The van der Waals surface area contributed by atoms with Crippen LogP contribution in [0.3, 0.4) is 0 Å². The van der Waals surface area contributed by atoms with Crippen molar-refractivity contribution in [1.29, 1.82) is 0 Å². The Bertz CT molecular complexity index is 801. The zero-order valence-electron chi connectivity index (χ0n) is 16.4. The Morgan fingerprint density at radius 3 is 2.57 bits per heavy atom. The van der Waals surface area contributed by atoms with E-state index in [-0.39, 0.29) is 5.69 Å². The van der Waals surface area contributed by atoms with Crippen LogP contribution in [-0.4, -0.2) is 54.2 Å². The van der Waals surface area contributed by atoms with E-state index in [1.165, 1.54) is 6.07 Å². The van der Waals surface area contributed by atoms with Gasteiger partial charge >= 0.3 is 5.69 Å². The quantitative estimate of drug-likeness (QED) is 0.408. The van der Waals surface area contributed by atoms with Gasteiger partial charge in [-0.15, -0.1) is 0 Å². The van der Waals surface area contributed by atoms with Crippen molar-refractivity contribution in [3.63, 3.8) is 0 Å². The van der Waals surface area contributed by atoms with Crippen LogP contribution in [0.25, 0.3) is 0 Å². The number of nitro groups is 1. The van der Waals surface area contributed by atoms with Gasteiger partial charge in [0.15, 0.2) is 0 Å². The fourth-order valence-corrected chi connectivity index (χ4v) is 3.33. The molecule has 1 saturated heterocycles. The van der Waals surface area contributed by atoms with Crippen LogP contribution < -0.4 is 10.6 Å². The summed E-state index contributed by atoms with van der Waals surface area (Å²) in [5, 5.41) is 17.7. The number of aromatic nitrogens is 1. The molecule has 0 spiro atoms. The zero-order valence-corrected chi connectivity index (χ0v) is 16.4. The van der Waals surface area contributed by atoms with Crippen LogP contribution in [-0.2, 0) is 4.74 Å². The van der Waals surface area contributed by atoms with Crippen molar-refractivity contribution >= 4 is 23.0 Å². The summed E-state index contributed by atoms with van der Waals surface area (Å²) in [7, 11) is 0. The number of pyridine rings is 1. The van der Waals surface area contributed by atoms with Gasteiger partial charge in [0.25, 0.3) is 0 Å². The van der Waals surface area contributed by atoms with Crippen molar-refractivity contribution in [2.75, 3.05) is 50.0 Å². The van der Waals surface area contributed by atoms with Gasteiger partial charge in [-0.05, 0) is 56.1 Å². The number of benzene rings is 1. The van der Waals surface area contributed by atoms with Gasteiger partial charge in [0.1, 0.15) is 5.82 Å². The summed E-state index contributed by atoms with van der Waals surface area (Å²) >= 11 is 0. The molecule has 8 heteroatoms. The second-order valence-corrected chi connectivity index (χ2v) is 7.06. The SMILES string of the molecule is Cc1cc(C)cc(Nc2ccc([N+](=O)[O-])c(NCCCN3CCOCC3)n2)c1. The number of hydrogen-bond acceptors (Lipinski definition) is 7. The van der Waals surface area contributed by atoms with Gasteiger partial charge in [0, 0.05) is 31.4 Å². The van der Waals surface area contributed by atoms with Gasteiger partial charge in [0.2, 0.25) is 5.82 Å². The molecule has 0 atom stereocenters. The number of nitrogens with zero attached hydrogens (tertiary/aromatic N) is 3. The van der Waals surface area contributed by atoms with Crippen LogP contribution >= 0.6 is 0 Å². The molecule has 0 amide bonds. The van der Waals surface area contributed by atoms with E-state index in [4.69, 9.17) is 4.74 Å². The van der Waals surface area contributed by atoms with Crippen molar-refractivity contribution in [1.82, 2.24) is 9.88 Å². The van der Waals surface area contributed by atoms with Crippen molar-refractivity contribution in [3.8, 4) is 0 Å². The lowest BCUT2D eigenvalue weighted by Crippen LogP contribution is -2.37. The minimum atomic E-state index is -0.405. The topological polar surface area (TPSA) is 92.6 Å². The van der Waals surface area contributed by atoms with E-state index in [0.29, 0.717) is 18.2 Å². The Hall–Kier alpha value is -2.71. The van der Waals surface area contributed by atoms with E-state index >= 15 is 0 Å². The van der Waals surface area contributed by atoms with Gasteiger partial charge in [-0.3, -0.25) is 15.0 Å². The van der Waals surface area contributed by atoms with Gasteiger partial charge in [0.05, 0.1) is 18.1 Å². The predicted molar refractivity (Wildman–Crippen MR) is 110 cm³/mol. The van der Waals surface area contributed by atoms with Crippen LogP contribution in [0.15, 0.2) is 30.3 Å². The standard InChI is InChI=1S/C20H27N5O3/c1-15-12-16(2)14-17(13-15)22-19-5-4-18(25(26)27)20(23-19)21-6-3-7-24-8-10-28-11-9-24/h4-5,12-14H,3,6-11H2,1-2H3,(H2,21,22,23). The molecular formula is C20H27N5O3.